The van der Waals surface area contributed by atoms with Crippen LogP contribution in [-0.2, 0) is 16.8 Å². The molecule has 0 aliphatic heterocycles. The standard InChI is InChI=1S/C17H21ClN4O/c18-15-5-3-4-14(10-15)17(7-1-2-8-17)11-20-16(23)6-9-22-13-19-12-21-22/h3-5,10,12-13H,1-2,6-9,11H2,(H,20,23). The van der Waals surface area contributed by atoms with Gasteiger partial charge in [0.1, 0.15) is 12.7 Å². The number of aryl methyl sites for hydroxylation is 1. The summed E-state index contributed by atoms with van der Waals surface area (Å²) < 4.78 is 1.67. The zero-order valence-electron chi connectivity index (χ0n) is 13.0. The predicted octanol–water partition coefficient (Wildman–Crippen LogP) is 2.95. The van der Waals surface area contributed by atoms with Gasteiger partial charge in [0.15, 0.2) is 0 Å². The van der Waals surface area contributed by atoms with Crippen molar-refractivity contribution in [1.82, 2.24) is 20.1 Å². The Morgan fingerprint density at radius 1 is 1.35 bits per heavy atom. The van der Waals surface area contributed by atoms with Crippen molar-refractivity contribution in [3.63, 3.8) is 0 Å². The predicted molar refractivity (Wildman–Crippen MR) is 89.2 cm³/mol. The van der Waals surface area contributed by atoms with Crippen LogP contribution in [0.3, 0.4) is 0 Å². The van der Waals surface area contributed by atoms with E-state index in [1.54, 1.807) is 11.0 Å². The van der Waals surface area contributed by atoms with E-state index in [9.17, 15) is 4.79 Å². The Hall–Kier alpha value is -1.88. The van der Waals surface area contributed by atoms with Crippen LogP contribution < -0.4 is 5.32 Å². The van der Waals surface area contributed by atoms with Gasteiger partial charge in [-0.05, 0) is 30.5 Å². The molecule has 1 N–H and O–H groups in total. The van der Waals surface area contributed by atoms with E-state index >= 15 is 0 Å². The van der Waals surface area contributed by atoms with E-state index in [2.05, 4.69) is 21.5 Å². The lowest BCUT2D eigenvalue weighted by molar-refractivity contribution is -0.121. The smallest absolute Gasteiger partial charge is 0.221 e. The number of benzene rings is 1. The number of rotatable bonds is 6. The maximum Gasteiger partial charge on any atom is 0.221 e. The lowest BCUT2D eigenvalue weighted by Gasteiger charge is -2.30. The van der Waals surface area contributed by atoms with Gasteiger partial charge in [-0.3, -0.25) is 9.48 Å². The summed E-state index contributed by atoms with van der Waals surface area (Å²) in [6.07, 6.45) is 8.09. The molecule has 1 aromatic carbocycles. The maximum atomic E-state index is 12.1. The van der Waals surface area contributed by atoms with E-state index in [1.165, 1.54) is 24.7 Å². The second-order valence-electron chi connectivity index (χ2n) is 6.18. The van der Waals surface area contributed by atoms with Crippen LogP contribution in [-0.4, -0.2) is 27.2 Å². The van der Waals surface area contributed by atoms with Crippen molar-refractivity contribution < 1.29 is 4.79 Å². The number of aromatic nitrogens is 3. The molecule has 5 nitrogen and oxygen atoms in total. The maximum absolute atomic E-state index is 12.1. The van der Waals surface area contributed by atoms with Crippen LogP contribution in [0, 0.1) is 0 Å². The zero-order chi connectivity index (χ0) is 16.1. The number of hydrogen-bond donors (Lipinski definition) is 1. The molecule has 0 bridgehead atoms. The van der Waals surface area contributed by atoms with Crippen LogP contribution in [0.25, 0.3) is 0 Å². The second kappa shape index (κ2) is 7.13. The Bertz CT molecular complexity index is 650. The fourth-order valence-corrected chi connectivity index (χ4v) is 3.55. The van der Waals surface area contributed by atoms with E-state index in [0.29, 0.717) is 19.5 Å². The Labute approximate surface area is 141 Å². The molecule has 0 radical (unpaired) electrons. The molecule has 1 fully saturated rings. The van der Waals surface area contributed by atoms with Crippen molar-refractivity contribution >= 4 is 17.5 Å². The summed E-state index contributed by atoms with van der Waals surface area (Å²) in [6, 6.07) is 8.04. The summed E-state index contributed by atoms with van der Waals surface area (Å²) in [5.74, 6) is 0.0498. The molecular formula is C17H21ClN4O. The van der Waals surface area contributed by atoms with Crippen LogP contribution >= 0.6 is 11.6 Å². The number of carbonyl (C=O) groups is 1. The number of amides is 1. The van der Waals surface area contributed by atoms with Crippen LogP contribution in [0.1, 0.15) is 37.7 Å². The number of nitrogens with one attached hydrogen (secondary N) is 1. The summed E-state index contributed by atoms with van der Waals surface area (Å²) in [4.78, 5) is 16.0. The van der Waals surface area contributed by atoms with Gasteiger partial charge in [-0.2, -0.15) is 5.10 Å². The molecule has 6 heteroatoms. The minimum atomic E-state index is 0.0216. The molecule has 1 heterocycles. The molecule has 0 atom stereocenters. The normalized spacial score (nSPS) is 16.4. The molecule has 0 spiro atoms. The number of nitrogens with zero attached hydrogens (tertiary/aromatic N) is 3. The molecule has 1 amide bonds. The van der Waals surface area contributed by atoms with Crippen LogP contribution in [0.2, 0.25) is 5.02 Å². The monoisotopic (exact) mass is 332 g/mol. The van der Waals surface area contributed by atoms with Crippen molar-refractivity contribution in [3.8, 4) is 0 Å². The Morgan fingerprint density at radius 2 is 2.17 bits per heavy atom. The highest BCUT2D eigenvalue weighted by Crippen LogP contribution is 2.41. The molecule has 1 aliphatic carbocycles. The van der Waals surface area contributed by atoms with Crippen molar-refractivity contribution in [3.05, 3.63) is 47.5 Å². The lowest BCUT2D eigenvalue weighted by Crippen LogP contribution is -2.39. The highest BCUT2D eigenvalue weighted by atomic mass is 35.5. The largest absolute Gasteiger partial charge is 0.355 e. The van der Waals surface area contributed by atoms with Crippen molar-refractivity contribution in [2.45, 2.75) is 44.1 Å². The molecule has 23 heavy (non-hydrogen) atoms. The average Bonchev–Trinajstić information content (AvgIpc) is 3.23. The van der Waals surface area contributed by atoms with Gasteiger partial charge < -0.3 is 5.32 Å². The molecule has 1 saturated carbocycles. The van der Waals surface area contributed by atoms with Gasteiger partial charge >= 0.3 is 0 Å². The van der Waals surface area contributed by atoms with E-state index < -0.39 is 0 Å². The van der Waals surface area contributed by atoms with Gasteiger partial charge in [0.05, 0.1) is 6.54 Å². The third-order valence-electron chi connectivity index (χ3n) is 4.66. The van der Waals surface area contributed by atoms with E-state index in [1.807, 2.05) is 18.2 Å². The van der Waals surface area contributed by atoms with Crippen LogP contribution in [0.4, 0.5) is 0 Å². The summed E-state index contributed by atoms with van der Waals surface area (Å²) in [5, 5.41) is 7.87. The van der Waals surface area contributed by atoms with Crippen molar-refractivity contribution in [2.75, 3.05) is 6.54 Å². The minimum Gasteiger partial charge on any atom is -0.355 e. The third kappa shape index (κ3) is 3.91. The topological polar surface area (TPSA) is 59.8 Å². The first-order chi connectivity index (χ1) is 11.2. The first kappa shape index (κ1) is 16.0. The minimum absolute atomic E-state index is 0.0216. The van der Waals surface area contributed by atoms with Gasteiger partial charge in [-0.25, -0.2) is 4.98 Å². The van der Waals surface area contributed by atoms with Gasteiger partial charge in [0.2, 0.25) is 5.91 Å². The molecular weight excluding hydrogens is 312 g/mol. The van der Waals surface area contributed by atoms with Crippen molar-refractivity contribution in [2.24, 2.45) is 0 Å². The number of hydrogen-bond acceptors (Lipinski definition) is 3. The lowest BCUT2D eigenvalue weighted by atomic mass is 9.79. The van der Waals surface area contributed by atoms with Gasteiger partial charge in [-0.15, -0.1) is 0 Å². The van der Waals surface area contributed by atoms with Gasteiger partial charge in [-0.1, -0.05) is 36.6 Å². The third-order valence-corrected chi connectivity index (χ3v) is 4.89. The fourth-order valence-electron chi connectivity index (χ4n) is 3.36. The molecule has 0 saturated heterocycles. The highest BCUT2D eigenvalue weighted by molar-refractivity contribution is 6.30. The quantitative estimate of drug-likeness (QED) is 0.884. The zero-order valence-corrected chi connectivity index (χ0v) is 13.8. The first-order valence-electron chi connectivity index (χ1n) is 8.03. The second-order valence-corrected chi connectivity index (χ2v) is 6.62. The van der Waals surface area contributed by atoms with Crippen molar-refractivity contribution in [1.29, 1.82) is 0 Å². The molecule has 2 aromatic rings. The fraction of sp³-hybridized carbons (Fsp3) is 0.471. The van der Waals surface area contributed by atoms with Crippen LogP contribution in [0.5, 0.6) is 0 Å². The first-order valence-corrected chi connectivity index (χ1v) is 8.41. The molecule has 122 valence electrons. The summed E-state index contributed by atoms with van der Waals surface area (Å²) in [7, 11) is 0. The van der Waals surface area contributed by atoms with E-state index in [0.717, 1.165) is 17.9 Å². The summed E-state index contributed by atoms with van der Waals surface area (Å²) in [5.41, 5.74) is 1.26. The Morgan fingerprint density at radius 3 is 2.87 bits per heavy atom. The molecule has 1 aliphatic rings. The Kier molecular flexibility index (Phi) is 4.96. The molecule has 1 aromatic heterocycles. The average molecular weight is 333 g/mol. The SMILES string of the molecule is O=C(CCn1cncn1)NCC1(c2cccc(Cl)c2)CCCC1. The molecule has 0 unspecified atom stereocenters. The number of carbonyl (C=O) groups excluding carboxylic acids is 1. The van der Waals surface area contributed by atoms with E-state index in [4.69, 9.17) is 11.6 Å². The Balaban J connectivity index is 1.60. The number of halogens is 1. The summed E-state index contributed by atoms with van der Waals surface area (Å²) in [6.45, 7) is 1.22. The van der Waals surface area contributed by atoms with E-state index in [-0.39, 0.29) is 11.3 Å². The highest BCUT2D eigenvalue weighted by Gasteiger charge is 2.35. The van der Waals surface area contributed by atoms with Gasteiger partial charge in [0, 0.05) is 23.4 Å². The van der Waals surface area contributed by atoms with Crippen LogP contribution in [0.15, 0.2) is 36.9 Å². The molecule has 3 rings (SSSR count). The van der Waals surface area contributed by atoms with Gasteiger partial charge in [0.25, 0.3) is 0 Å². The summed E-state index contributed by atoms with van der Waals surface area (Å²) >= 11 is 6.15.